The van der Waals surface area contributed by atoms with Gasteiger partial charge in [0, 0.05) is 32.6 Å². The van der Waals surface area contributed by atoms with Crippen LogP contribution in [0.5, 0.6) is 0 Å². The molecule has 94 valence electrons. The summed E-state index contributed by atoms with van der Waals surface area (Å²) >= 11 is 0. The number of nitrogens with one attached hydrogen (secondary N) is 2. The van der Waals surface area contributed by atoms with E-state index in [-0.39, 0.29) is 12.5 Å². The molecule has 0 unspecified atom stereocenters. The molecule has 0 bridgehead atoms. The molecule has 0 saturated carbocycles. The van der Waals surface area contributed by atoms with Gasteiger partial charge in [0.2, 0.25) is 5.91 Å². The highest BCUT2D eigenvalue weighted by molar-refractivity contribution is 5.77. The van der Waals surface area contributed by atoms with Crippen LogP contribution in [0.1, 0.15) is 11.4 Å². The molecular formula is C11H18N4O2. The number of hydrogen-bond donors (Lipinski definition) is 2. The summed E-state index contributed by atoms with van der Waals surface area (Å²) in [6.45, 7) is 3.73. The summed E-state index contributed by atoms with van der Waals surface area (Å²) in [6, 6.07) is 0. The summed E-state index contributed by atoms with van der Waals surface area (Å²) in [5.41, 5.74) is 1.70. The van der Waals surface area contributed by atoms with E-state index >= 15 is 0 Å². The Labute approximate surface area is 101 Å². The number of carbonyl (C=O) groups is 1. The van der Waals surface area contributed by atoms with E-state index < -0.39 is 0 Å². The van der Waals surface area contributed by atoms with Crippen molar-refractivity contribution in [1.82, 2.24) is 20.6 Å². The van der Waals surface area contributed by atoms with Gasteiger partial charge in [-0.2, -0.15) is 0 Å². The minimum absolute atomic E-state index is 0.0536. The lowest BCUT2D eigenvalue weighted by Gasteiger charge is -2.05. The fraction of sp³-hybridized carbons (Fsp3) is 0.545. The highest BCUT2D eigenvalue weighted by Gasteiger charge is 2.00. The average Bonchev–Trinajstić information content (AvgIpc) is 2.32. The molecule has 0 atom stereocenters. The van der Waals surface area contributed by atoms with Crippen molar-refractivity contribution >= 4 is 5.91 Å². The maximum absolute atomic E-state index is 11.3. The number of aryl methyl sites for hydroxylation is 1. The summed E-state index contributed by atoms with van der Waals surface area (Å²) in [5, 5.41) is 5.71. The molecule has 17 heavy (non-hydrogen) atoms. The monoisotopic (exact) mass is 238 g/mol. The quantitative estimate of drug-likeness (QED) is 0.634. The van der Waals surface area contributed by atoms with E-state index in [0.29, 0.717) is 19.7 Å². The van der Waals surface area contributed by atoms with Gasteiger partial charge in [0.25, 0.3) is 0 Å². The van der Waals surface area contributed by atoms with Crippen molar-refractivity contribution in [3.8, 4) is 0 Å². The molecule has 1 amide bonds. The zero-order chi connectivity index (χ0) is 12.5. The number of hydrogen-bond acceptors (Lipinski definition) is 5. The molecule has 6 heteroatoms. The highest BCUT2D eigenvalue weighted by atomic mass is 16.5. The fourth-order valence-corrected chi connectivity index (χ4v) is 1.17. The lowest BCUT2D eigenvalue weighted by atomic mass is 10.4. The molecule has 0 saturated heterocycles. The van der Waals surface area contributed by atoms with E-state index in [1.165, 1.54) is 0 Å². The second-order valence-corrected chi connectivity index (χ2v) is 3.60. The summed E-state index contributed by atoms with van der Waals surface area (Å²) < 4.78 is 4.82. The molecule has 2 N–H and O–H groups in total. The zero-order valence-corrected chi connectivity index (χ0v) is 10.2. The van der Waals surface area contributed by atoms with Gasteiger partial charge in [-0.15, -0.1) is 0 Å². The molecule has 0 radical (unpaired) electrons. The summed E-state index contributed by atoms with van der Waals surface area (Å²) in [5.74, 6) is -0.0536. The number of carbonyl (C=O) groups excluding carboxylic acids is 1. The van der Waals surface area contributed by atoms with Crippen LogP contribution in [0.25, 0.3) is 0 Å². The second kappa shape index (κ2) is 7.70. The van der Waals surface area contributed by atoms with Crippen molar-refractivity contribution in [3.63, 3.8) is 0 Å². The van der Waals surface area contributed by atoms with Crippen LogP contribution in [0, 0.1) is 6.92 Å². The standard InChI is InChI=1S/C11H18N4O2/c1-9-5-15-10(7-14-9)6-12-8-11(16)13-3-4-17-2/h5,7,12H,3-4,6,8H2,1-2H3,(H,13,16). The largest absolute Gasteiger partial charge is 0.383 e. The molecule has 1 rings (SSSR count). The van der Waals surface area contributed by atoms with Gasteiger partial charge in [-0.3, -0.25) is 14.8 Å². The average molecular weight is 238 g/mol. The Balaban J connectivity index is 2.14. The highest BCUT2D eigenvalue weighted by Crippen LogP contribution is 1.92. The number of aromatic nitrogens is 2. The van der Waals surface area contributed by atoms with Gasteiger partial charge >= 0.3 is 0 Å². The first-order chi connectivity index (χ1) is 8.22. The van der Waals surface area contributed by atoms with Crippen LogP contribution >= 0.6 is 0 Å². The Morgan fingerprint density at radius 3 is 2.88 bits per heavy atom. The molecule has 0 spiro atoms. The van der Waals surface area contributed by atoms with Crippen molar-refractivity contribution < 1.29 is 9.53 Å². The number of rotatable bonds is 7. The van der Waals surface area contributed by atoms with Crippen LogP contribution in [0.15, 0.2) is 12.4 Å². The molecule has 1 heterocycles. The molecule has 1 aromatic rings. The zero-order valence-electron chi connectivity index (χ0n) is 10.2. The molecular weight excluding hydrogens is 220 g/mol. The number of nitrogens with zero attached hydrogens (tertiary/aromatic N) is 2. The van der Waals surface area contributed by atoms with Crippen molar-refractivity contribution in [2.75, 3.05) is 26.8 Å². The molecule has 0 fully saturated rings. The van der Waals surface area contributed by atoms with Crippen LogP contribution < -0.4 is 10.6 Å². The topological polar surface area (TPSA) is 76.1 Å². The molecule has 0 aromatic carbocycles. The van der Waals surface area contributed by atoms with Gasteiger partial charge in [-0.1, -0.05) is 0 Å². The van der Waals surface area contributed by atoms with Crippen LogP contribution in [0.3, 0.4) is 0 Å². The molecule has 0 aliphatic carbocycles. The Morgan fingerprint density at radius 2 is 2.24 bits per heavy atom. The lowest BCUT2D eigenvalue weighted by Crippen LogP contribution is -2.35. The molecule has 1 aromatic heterocycles. The van der Waals surface area contributed by atoms with Crippen LogP contribution in [0.4, 0.5) is 0 Å². The van der Waals surface area contributed by atoms with Gasteiger partial charge in [-0.25, -0.2) is 0 Å². The third kappa shape index (κ3) is 5.94. The van der Waals surface area contributed by atoms with E-state index in [2.05, 4.69) is 20.6 Å². The van der Waals surface area contributed by atoms with Gasteiger partial charge < -0.3 is 15.4 Å². The summed E-state index contributed by atoms with van der Waals surface area (Å²) in [6.07, 6.45) is 3.40. The van der Waals surface area contributed by atoms with Gasteiger partial charge in [0.15, 0.2) is 0 Å². The first-order valence-corrected chi connectivity index (χ1v) is 5.46. The van der Waals surface area contributed by atoms with Crippen molar-refractivity contribution in [1.29, 1.82) is 0 Å². The lowest BCUT2D eigenvalue weighted by molar-refractivity contribution is -0.120. The van der Waals surface area contributed by atoms with Gasteiger partial charge in [0.05, 0.1) is 24.5 Å². The summed E-state index contributed by atoms with van der Waals surface area (Å²) in [4.78, 5) is 19.6. The van der Waals surface area contributed by atoms with E-state index in [9.17, 15) is 4.79 Å². The second-order valence-electron chi connectivity index (χ2n) is 3.60. The first-order valence-electron chi connectivity index (χ1n) is 5.46. The number of methoxy groups -OCH3 is 1. The number of amides is 1. The summed E-state index contributed by atoms with van der Waals surface area (Å²) in [7, 11) is 1.60. The maximum Gasteiger partial charge on any atom is 0.234 e. The SMILES string of the molecule is COCCNC(=O)CNCc1cnc(C)cn1. The van der Waals surface area contributed by atoms with E-state index in [4.69, 9.17) is 4.74 Å². The minimum atomic E-state index is -0.0536. The van der Waals surface area contributed by atoms with E-state index in [0.717, 1.165) is 11.4 Å². The molecule has 0 aliphatic heterocycles. The molecule has 0 aliphatic rings. The predicted octanol–water partition coefficient (Wildman–Crippen LogP) is -0.363. The normalized spacial score (nSPS) is 10.2. The van der Waals surface area contributed by atoms with Gasteiger partial charge in [0.1, 0.15) is 0 Å². The van der Waals surface area contributed by atoms with E-state index in [1.807, 2.05) is 6.92 Å². The Morgan fingerprint density at radius 1 is 1.41 bits per heavy atom. The Kier molecular flexibility index (Phi) is 6.13. The van der Waals surface area contributed by atoms with Crippen molar-refractivity contribution in [2.24, 2.45) is 0 Å². The minimum Gasteiger partial charge on any atom is -0.383 e. The molecule has 6 nitrogen and oxygen atoms in total. The van der Waals surface area contributed by atoms with Crippen LogP contribution in [-0.4, -0.2) is 42.7 Å². The number of ether oxygens (including phenoxy) is 1. The van der Waals surface area contributed by atoms with Gasteiger partial charge in [-0.05, 0) is 6.92 Å². The maximum atomic E-state index is 11.3. The van der Waals surface area contributed by atoms with Crippen LogP contribution in [0.2, 0.25) is 0 Å². The van der Waals surface area contributed by atoms with Crippen LogP contribution in [-0.2, 0) is 16.1 Å². The third-order valence-electron chi connectivity index (χ3n) is 2.05. The smallest absolute Gasteiger partial charge is 0.234 e. The van der Waals surface area contributed by atoms with Crippen molar-refractivity contribution in [2.45, 2.75) is 13.5 Å². The predicted molar refractivity (Wildman–Crippen MR) is 63.4 cm³/mol. The van der Waals surface area contributed by atoms with E-state index in [1.54, 1.807) is 19.5 Å². The third-order valence-corrected chi connectivity index (χ3v) is 2.05. The van der Waals surface area contributed by atoms with Crippen molar-refractivity contribution in [3.05, 3.63) is 23.8 Å². The Hall–Kier alpha value is -1.53. The fourth-order valence-electron chi connectivity index (χ4n) is 1.17. The first kappa shape index (κ1) is 13.5. The Bertz CT molecular complexity index is 340.